The normalized spacial score (nSPS) is 21.4. The Labute approximate surface area is 235 Å². The van der Waals surface area contributed by atoms with Crippen molar-refractivity contribution < 1.29 is 38.1 Å². The molecule has 2 heterocycles. The van der Waals surface area contributed by atoms with E-state index in [1.54, 1.807) is 0 Å². The van der Waals surface area contributed by atoms with Crippen LogP contribution in [-0.2, 0) is 30.2 Å². The van der Waals surface area contributed by atoms with Crippen molar-refractivity contribution in [3.8, 4) is 11.5 Å². The monoisotopic (exact) mass is 556 g/mol. The van der Waals surface area contributed by atoms with Crippen LogP contribution in [0.15, 0.2) is 42.6 Å². The number of aromatic nitrogens is 1. The molecule has 1 fully saturated rings. The van der Waals surface area contributed by atoms with Crippen LogP contribution in [0.5, 0.6) is 11.5 Å². The molecular weight excluding hydrogens is 516 g/mol. The lowest BCUT2D eigenvalue weighted by molar-refractivity contribution is -0.154. The maximum Gasteiger partial charge on any atom is 0.331 e. The van der Waals surface area contributed by atoms with Gasteiger partial charge in [0.05, 0.1) is 13.7 Å². The van der Waals surface area contributed by atoms with Gasteiger partial charge in [0.2, 0.25) is 6.79 Å². The number of ether oxygens (including phenoxy) is 5. The quantitative estimate of drug-likeness (QED) is 0.324. The lowest BCUT2D eigenvalue weighted by Gasteiger charge is -2.31. The van der Waals surface area contributed by atoms with Gasteiger partial charge in [0.1, 0.15) is 6.10 Å². The molecule has 4 atom stereocenters. The number of hydrogen-bond donors (Lipinski definition) is 1. The van der Waals surface area contributed by atoms with Crippen molar-refractivity contribution in [1.29, 1.82) is 0 Å². The van der Waals surface area contributed by atoms with E-state index >= 15 is 0 Å². The van der Waals surface area contributed by atoms with Gasteiger partial charge in [-0.25, -0.2) is 9.78 Å². The molecule has 1 N–H and O–H groups in total. The van der Waals surface area contributed by atoms with Gasteiger partial charge in [-0.05, 0) is 37.2 Å². The molecule has 0 radical (unpaired) electrons. The highest BCUT2D eigenvalue weighted by atomic mass is 16.7. The number of cyclic esters (lactones) is 1. The van der Waals surface area contributed by atoms with Gasteiger partial charge in [0.15, 0.2) is 23.2 Å². The Morgan fingerprint density at radius 3 is 2.58 bits per heavy atom. The first-order chi connectivity index (χ1) is 19.2. The molecule has 0 saturated carbocycles. The maximum absolute atomic E-state index is 13.3. The number of nitrogens with zero attached hydrogens (tertiary/aromatic N) is 1. The summed E-state index contributed by atoms with van der Waals surface area (Å²) < 4.78 is 27.6. The number of amides is 1. The fourth-order valence-electron chi connectivity index (χ4n) is 4.72. The number of hydrogen-bond acceptors (Lipinski definition) is 9. The van der Waals surface area contributed by atoms with Gasteiger partial charge in [-0.3, -0.25) is 9.59 Å². The number of carbonyl (C=O) groups excluding carboxylic acids is 3. The molecule has 1 aliphatic rings. The molecule has 1 aromatic carbocycles. The third kappa shape index (κ3) is 8.94. The van der Waals surface area contributed by atoms with Crippen LogP contribution >= 0.6 is 0 Å². The van der Waals surface area contributed by atoms with Crippen LogP contribution in [0.4, 0.5) is 0 Å². The third-order valence-corrected chi connectivity index (χ3v) is 6.91. The highest BCUT2D eigenvalue weighted by Gasteiger charge is 2.35. The maximum atomic E-state index is 13.3. The predicted molar refractivity (Wildman–Crippen MR) is 147 cm³/mol. The Hall–Kier alpha value is -3.66. The van der Waals surface area contributed by atoms with Gasteiger partial charge in [0.25, 0.3) is 5.91 Å². The number of benzene rings is 1. The first-order valence-electron chi connectivity index (χ1n) is 13.6. The van der Waals surface area contributed by atoms with Crippen molar-refractivity contribution in [1.82, 2.24) is 10.3 Å². The van der Waals surface area contributed by atoms with E-state index in [9.17, 15) is 14.4 Å². The summed E-state index contributed by atoms with van der Waals surface area (Å²) in [5.41, 5.74) is 1.03. The summed E-state index contributed by atoms with van der Waals surface area (Å²) in [4.78, 5) is 41.8. The third-order valence-electron chi connectivity index (χ3n) is 6.91. The number of nitrogens with one attached hydrogen (secondary N) is 1. The van der Waals surface area contributed by atoms with Gasteiger partial charge in [0, 0.05) is 31.7 Å². The molecule has 1 saturated heterocycles. The molecule has 3 rings (SSSR count). The molecule has 10 heteroatoms. The van der Waals surface area contributed by atoms with Gasteiger partial charge in [-0.2, -0.15) is 0 Å². The van der Waals surface area contributed by atoms with E-state index < -0.39 is 36.8 Å². The fraction of sp³-hybridized carbons (Fsp3) is 0.533. The number of pyridine rings is 1. The van der Waals surface area contributed by atoms with E-state index in [-0.39, 0.29) is 35.6 Å². The summed E-state index contributed by atoms with van der Waals surface area (Å²) >= 11 is 0. The molecule has 218 valence electrons. The van der Waals surface area contributed by atoms with Gasteiger partial charge in [-0.15, -0.1) is 0 Å². The van der Waals surface area contributed by atoms with Crippen LogP contribution < -0.4 is 14.8 Å². The highest BCUT2D eigenvalue weighted by Crippen LogP contribution is 2.31. The number of esters is 2. The number of methoxy groups -OCH3 is 1. The summed E-state index contributed by atoms with van der Waals surface area (Å²) in [7, 11) is 1.40. The Bertz CT molecular complexity index is 1120. The zero-order chi connectivity index (χ0) is 29.1. The second-order valence-electron chi connectivity index (χ2n) is 10.4. The summed E-state index contributed by atoms with van der Waals surface area (Å²) in [6.45, 7) is 7.46. The van der Waals surface area contributed by atoms with E-state index in [4.69, 9.17) is 23.7 Å². The zero-order valence-corrected chi connectivity index (χ0v) is 23.9. The predicted octanol–water partition coefficient (Wildman–Crippen LogP) is 3.96. The summed E-state index contributed by atoms with van der Waals surface area (Å²) in [5.74, 6) is -0.896. The molecule has 0 spiro atoms. The molecule has 0 bridgehead atoms. The summed E-state index contributed by atoms with van der Waals surface area (Å²) in [6.07, 6.45) is 3.68. The van der Waals surface area contributed by atoms with Crippen LogP contribution in [0.1, 0.15) is 56.6 Å². The zero-order valence-electron chi connectivity index (χ0n) is 23.9. The summed E-state index contributed by atoms with van der Waals surface area (Å²) in [5, 5.41) is 2.68. The van der Waals surface area contributed by atoms with Crippen LogP contribution in [-0.4, -0.2) is 62.1 Å². The minimum atomic E-state index is -1.06. The molecule has 1 amide bonds. The molecule has 1 aromatic heterocycles. The van der Waals surface area contributed by atoms with Crippen molar-refractivity contribution in [3.63, 3.8) is 0 Å². The summed E-state index contributed by atoms with van der Waals surface area (Å²) in [6, 6.07) is 10.6. The van der Waals surface area contributed by atoms with E-state index in [1.807, 2.05) is 25.1 Å². The Kier molecular flexibility index (Phi) is 11.7. The van der Waals surface area contributed by atoms with Crippen molar-refractivity contribution >= 4 is 17.8 Å². The molecular formula is C30H40N2O8. The molecule has 10 nitrogen and oxygen atoms in total. The Morgan fingerprint density at radius 2 is 1.90 bits per heavy atom. The second-order valence-corrected chi connectivity index (χ2v) is 10.4. The van der Waals surface area contributed by atoms with E-state index in [2.05, 4.69) is 36.3 Å². The van der Waals surface area contributed by atoms with Crippen LogP contribution in [0.2, 0.25) is 0 Å². The van der Waals surface area contributed by atoms with Crippen LogP contribution in [0.25, 0.3) is 0 Å². The minimum absolute atomic E-state index is 0.0221. The van der Waals surface area contributed by atoms with Gasteiger partial charge in [-0.1, -0.05) is 50.6 Å². The van der Waals surface area contributed by atoms with E-state index in [1.165, 1.54) is 31.9 Å². The molecule has 0 aliphatic carbocycles. The van der Waals surface area contributed by atoms with Crippen molar-refractivity contribution in [2.45, 2.75) is 59.1 Å². The van der Waals surface area contributed by atoms with E-state index in [0.29, 0.717) is 12.5 Å². The first kappa shape index (κ1) is 30.9. The molecule has 0 unspecified atom stereocenters. The SMILES string of the molecule is COc1ccnc(C(=O)N[C@H]2COC[C@H](CCC(C)C)[C@@H](Cc3ccccc3)[C@H](C)OC2=O)c1OCOC(C)=O. The van der Waals surface area contributed by atoms with Gasteiger partial charge >= 0.3 is 11.9 Å². The molecule has 1 aliphatic heterocycles. The van der Waals surface area contributed by atoms with Crippen LogP contribution in [0, 0.1) is 17.8 Å². The van der Waals surface area contributed by atoms with Crippen molar-refractivity contribution in [3.05, 3.63) is 53.9 Å². The lowest BCUT2D eigenvalue weighted by atomic mass is 9.80. The first-order valence-corrected chi connectivity index (χ1v) is 13.6. The Morgan fingerprint density at radius 1 is 1.15 bits per heavy atom. The highest BCUT2D eigenvalue weighted by molar-refractivity contribution is 5.98. The van der Waals surface area contributed by atoms with Crippen molar-refractivity contribution in [2.75, 3.05) is 27.1 Å². The lowest BCUT2D eigenvalue weighted by Crippen LogP contribution is -2.46. The smallest absolute Gasteiger partial charge is 0.331 e. The number of rotatable bonds is 11. The largest absolute Gasteiger partial charge is 0.493 e. The van der Waals surface area contributed by atoms with Gasteiger partial charge < -0.3 is 29.0 Å². The topological polar surface area (TPSA) is 122 Å². The van der Waals surface area contributed by atoms with E-state index in [0.717, 1.165) is 19.3 Å². The fourth-order valence-corrected chi connectivity index (χ4v) is 4.72. The van der Waals surface area contributed by atoms with Crippen LogP contribution in [0.3, 0.4) is 0 Å². The second kappa shape index (κ2) is 15.2. The molecule has 2 aromatic rings. The van der Waals surface area contributed by atoms with Crippen molar-refractivity contribution in [2.24, 2.45) is 17.8 Å². The standard InChI is InChI=1S/C30H40N2O8/c1-19(2)11-12-23-16-37-17-25(30(35)40-20(3)24(23)15-22-9-7-6-8-10-22)32-29(34)27-28(39-18-38-21(4)33)26(36-5)13-14-31-27/h6-10,13-14,19-20,23-25H,11-12,15-18H2,1-5H3,(H,32,34)/t20-,23-,24-,25-/m0/s1. The number of carbonyl (C=O) groups is 3. The molecule has 40 heavy (non-hydrogen) atoms. The average Bonchev–Trinajstić information content (AvgIpc) is 2.97. The Balaban J connectivity index is 1.79. The average molecular weight is 557 g/mol. The minimum Gasteiger partial charge on any atom is -0.493 e.